The Morgan fingerprint density at radius 3 is 2.75 bits per heavy atom. The third kappa shape index (κ3) is 3.47. The van der Waals surface area contributed by atoms with Crippen molar-refractivity contribution in [3.63, 3.8) is 0 Å². The summed E-state index contributed by atoms with van der Waals surface area (Å²) in [5, 5.41) is 0. The number of hydrogen-bond donors (Lipinski definition) is 1. The molecule has 1 heterocycles. The lowest BCUT2D eigenvalue weighted by molar-refractivity contribution is 0.196. The van der Waals surface area contributed by atoms with E-state index in [2.05, 4.69) is 9.88 Å². The van der Waals surface area contributed by atoms with E-state index < -0.39 is 0 Å². The number of aryl methyl sites for hydroxylation is 1. The number of nitrogens with two attached hydrogens (primary N) is 1. The number of ether oxygens (including phenoxy) is 1. The highest BCUT2D eigenvalue weighted by atomic mass is 16.5. The van der Waals surface area contributed by atoms with Gasteiger partial charge < -0.3 is 15.4 Å². The fourth-order valence-corrected chi connectivity index (χ4v) is 1.57. The lowest BCUT2D eigenvalue weighted by atomic mass is 10.2. The zero-order valence-electron chi connectivity index (χ0n) is 10.4. The van der Waals surface area contributed by atoms with Gasteiger partial charge in [0.2, 0.25) is 0 Å². The van der Waals surface area contributed by atoms with Crippen molar-refractivity contribution in [3.05, 3.63) is 23.4 Å². The third-order valence-corrected chi connectivity index (χ3v) is 2.63. The molecule has 0 atom stereocenters. The second kappa shape index (κ2) is 6.45. The molecular weight excluding hydrogens is 202 g/mol. The van der Waals surface area contributed by atoms with Gasteiger partial charge in [-0.15, -0.1) is 0 Å². The molecular formula is C12H21N3O. The standard InChI is InChI=1S/C12H21N3O/c1-10-11(9-13)5-6-12(14-10)15(2)7-4-8-16-3/h5-6H,4,7-9,13H2,1-3H3. The summed E-state index contributed by atoms with van der Waals surface area (Å²) in [6.45, 7) is 4.27. The summed E-state index contributed by atoms with van der Waals surface area (Å²) in [6, 6.07) is 4.06. The summed E-state index contributed by atoms with van der Waals surface area (Å²) in [4.78, 5) is 6.66. The maximum absolute atomic E-state index is 5.60. The van der Waals surface area contributed by atoms with Crippen molar-refractivity contribution in [3.8, 4) is 0 Å². The van der Waals surface area contributed by atoms with E-state index in [4.69, 9.17) is 10.5 Å². The van der Waals surface area contributed by atoms with Crippen molar-refractivity contribution in [2.24, 2.45) is 5.73 Å². The molecule has 0 amide bonds. The van der Waals surface area contributed by atoms with Crippen LogP contribution in [0.1, 0.15) is 17.7 Å². The van der Waals surface area contributed by atoms with Gasteiger partial charge in [-0.25, -0.2) is 4.98 Å². The Bertz CT molecular complexity index is 328. The van der Waals surface area contributed by atoms with Crippen molar-refractivity contribution in [2.45, 2.75) is 19.9 Å². The monoisotopic (exact) mass is 223 g/mol. The molecule has 2 N–H and O–H groups in total. The largest absolute Gasteiger partial charge is 0.385 e. The number of pyridine rings is 1. The minimum atomic E-state index is 0.548. The second-order valence-corrected chi connectivity index (χ2v) is 3.89. The maximum atomic E-state index is 5.60. The van der Waals surface area contributed by atoms with E-state index in [9.17, 15) is 0 Å². The molecule has 1 aromatic rings. The summed E-state index contributed by atoms with van der Waals surface area (Å²) in [6.07, 6.45) is 1.01. The Kier molecular flexibility index (Phi) is 5.22. The Balaban J connectivity index is 2.62. The molecule has 90 valence electrons. The topological polar surface area (TPSA) is 51.4 Å². The first-order valence-electron chi connectivity index (χ1n) is 5.55. The molecule has 0 aliphatic heterocycles. The van der Waals surface area contributed by atoms with Gasteiger partial charge in [0.25, 0.3) is 0 Å². The molecule has 16 heavy (non-hydrogen) atoms. The molecule has 0 saturated heterocycles. The predicted molar refractivity (Wildman–Crippen MR) is 66.6 cm³/mol. The number of aromatic nitrogens is 1. The molecule has 0 fully saturated rings. The first-order chi connectivity index (χ1) is 7.69. The molecule has 0 saturated carbocycles. The molecule has 0 aliphatic rings. The van der Waals surface area contributed by atoms with Crippen LogP contribution < -0.4 is 10.6 Å². The second-order valence-electron chi connectivity index (χ2n) is 3.89. The summed E-state index contributed by atoms with van der Waals surface area (Å²) in [7, 11) is 3.76. The maximum Gasteiger partial charge on any atom is 0.128 e. The van der Waals surface area contributed by atoms with Gasteiger partial charge in [-0.1, -0.05) is 6.07 Å². The SMILES string of the molecule is COCCCN(C)c1ccc(CN)c(C)n1. The van der Waals surface area contributed by atoms with Crippen molar-refractivity contribution in [1.82, 2.24) is 4.98 Å². The fraction of sp³-hybridized carbons (Fsp3) is 0.583. The van der Waals surface area contributed by atoms with E-state index in [0.717, 1.165) is 36.6 Å². The highest BCUT2D eigenvalue weighted by molar-refractivity contribution is 5.40. The van der Waals surface area contributed by atoms with Crippen LogP contribution in [0, 0.1) is 6.92 Å². The van der Waals surface area contributed by atoms with Crippen LogP contribution in [0.5, 0.6) is 0 Å². The first kappa shape index (κ1) is 12.9. The van der Waals surface area contributed by atoms with Crippen LogP contribution in [0.4, 0.5) is 5.82 Å². The van der Waals surface area contributed by atoms with E-state index in [1.54, 1.807) is 7.11 Å². The zero-order valence-corrected chi connectivity index (χ0v) is 10.4. The molecule has 0 unspecified atom stereocenters. The number of rotatable bonds is 6. The number of methoxy groups -OCH3 is 1. The molecule has 1 rings (SSSR count). The third-order valence-electron chi connectivity index (χ3n) is 2.63. The predicted octanol–water partition coefficient (Wildman–Crippen LogP) is 1.32. The molecule has 4 heteroatoms. The first-order valence-corrected chi connectivity index (χ1v) is 5.55. The summed E-state index contributed by atoms with van der Waals surface area (Å²) in [5.41, 5.74) is 7.72. The smallest absolute Gasteiger partial charge is 0.128 e. The molecule has 0 bridgehead atoms. The van der Waals surface area contributed by atoms with Gasteiger partial charge in [-0.2, -0.15) is 0 Å². The molecule has 0 aromatic carbocycles. The molecule has 1 aromatic heterocycles. The summed E-state index contributed by atoms with van der Waals surface area (Å²) >= 11 is 0. The zero-order chi connectivity index (χ0) is 12.0. The van der Waals surface area contributed by atoms with Crippen LogP contribution in [-0.2, 0) is 11.3 Å². The van der Waals surface area contributed by atoms with Gasteiger partial charge in [0.15, 0.2) is 0 Å². The van der Waals surface area contributed by atoms with Gasteiger partial charge in [-0.05, 0) is 25.0 Å². The van der Waals surface area contributed by atoms with E-state index in [-0.39, 0.29) is 0 Å². The van der Waals surface area contributed by atoms with E-state index in [1.165, 1.54) is 0 Å². The van der Waals surface area contributed by atoms with Gasteiger partial charge in [0.1, 0.15) is 5.82 Å². The van der Waals surface area contributed by atoms with Crippen LogP contribution in [0.2, 0.25) is 0 Å². The van der Waals surface area contributed by atoms with Gasteiger partial charge in [-0.3, -0.25) is 0 Å². The van der Waals surface area contributed by atoms with Gasteiger partial charge in [0, 0.05) is 39.5 Å². The van der Waals surface area contributed by atoms with Crippen LogP contribution in [-0.4, -0.2) is 32.3 Å². The minimum absolute atomic E-state index is 0.548. The van der Waals surface area contributed by atoms with Crippen molar-refractivity contribution in [1.29, 1.82) is 0 Å². The number of hydrogen-bond acceptors (Lipinski definition) is 4. The Morgan fingerprint density at radius 2 is 2.19 bits per heavy atom. The Labute approximate surface area is 97.4 Å². The normalized spacial score (nSPS) is 10.5. The molecule has 0 radical (unpaired) electrons. The quantitative estimate of drug-likeness (QED) is 0.739. The lowest BCUT2D eigenvalue weighted by Crippen LogP contribution is -2.21. The summed E-state index contributed by atoms with van der Waals surface area (Å²) < 4.78 is 5.02. The summed E-state index contributed by atoms with van der Waals surface area (Å²) in [5.74, 6) is 0.991. The molecule has 0 spiro atoms. The van der Waals surface area contributed by atoms with Crippen molar-refractivity contribution >= 4 is 5.82 Å². The Morgan fingerprint density at radius 1 is 1.44 bits per heavy atom. The van der Waals surface area contributed by atoms with E-state index in [0.29, 0.717) is 6.54 Å². The van der Waals surface area contributed by atoms with Crippen LogP contribution in [0.3, 0.4) is 0 Å². The van der Waals surface area contributed by atoms with Gasteiger partial charge in [0.05, 0.1) is 0 Å². The molecule has 0 aliphatic carbocycles. The highest BCUT2D eigenvalue weighted by Crippen LogP contribution is 2.13. The van der Waals surface area contributed by atoms with Crippen LogP contribution >= 0.6 is 0 Å². The fourth-order valence-electron chi connectivity index (χ4n) is 1.57. The van der Waals surface area contributed by atoms with Crippen molar-refractivity contribution < 1.29 is 4.74 Å². The average Bonchev–Trinajstić information content (AvgIpc) is 2.29. The molecule has 4 nitrogen and oxygen atoms in total. The van der Waals surface area contributed by atoms with E-state index in [1.807, 2.05) is 26.1 Å². The van der Waals surface area contributed by atoms with Crippen LogP contribution in [0.15, 0.2) is 12.1 Å². The van der Waals surface area contributed by atoms with Crippen LogP contribution in [0.25, 0.3) is 0 Å². The average molecular weight is 223 g/mol. The highest BCUT2D eigenvalue weighted by Gasteiger charge is 2.04. The van der Waals surface area contributed by atoms with Gasteiger partial charge >= 0.3 is 0 Å². The van der Waals surface area contributed by atoms with Crippen molar-refractivity contribution in [2.75, 3.05) is 32.2 Å². The minimum Gasteiger partial charge on any atom is -0.385 e. The Hall–Kier alpha value is -1.13. The number of nitrogens with zero attached hydrogens (tertiary/aromatic N) is 2. The van der Waals surface area contributed by atoms with E-state index >= 15 is 0 Å². The number of anilines is 1. The lowest BCUT2D eigenvalue weighted by Gasteiger charge is -2.19.